The largest absolute Gasteiger partial charge is 0.343 e. The van der Waals surface area contributed by atoms with Gasteiger partial charge in [-0.2, -0.15) is 0 Å². The standard InChI is InChI=1S/C23H25Cl2N3O.ClH/c24-19-9-8-17(21(25)13-19)15-28-16-18(20-5-1-2-6-22(20)28)14-26-10-4-12-27-11-3-7-23(27)29;/h1-2,5-6,8-9,13,16,26H,3-4,7,10-12,14-15H2;1H. The van der Waals surface area contributed by atoms with Gasteiger partial charge >= 0.3 is 0 Å². The van der Waals surface area contributed by atoms with E-state index in [-0.39, 0.29) is 12.4 Å². The van der Waals surface area contributed by atoms with E-state index in [1.54, 1.807) is 6.07 Å². The van der Waals surface area contributed by atoms with Crippen molar-refractivity contribution in [1.82, 2.24) is 14.8 Å². The number of aromatic nitrogens is 1. The lowest BCUT2D eigenvalue weighted by Gasteiger charge is -2.15. The van der Waals surface area contributed by atoms with Crippen LogP contribution in [-0.2, 0) is 17.9 Å². The molecule has 1 aliphatic heterocycles. The van der Waals surface area contributed by atoms with E-state index in [1.165, 1.54) is 16.5 Å². The fourth-order valence-electron chi connectivity index (χ4n) is 3.99. The third-order valence-electron chi connectivity index (χ3n) is 5.50. The van der Waals surface area contributed by atoms with Crippen molar-refractivity contribution in [3.05, 3.63) is 69.8 Å². The number of amides is 1. The molecule has 1 aliphatic rings. The Labute approximate surface area is 193 Å². The molecule has 1 saturated heterocycles. The lowest BCUT2D eigenvalue weighted by atomic mass is 10.2. The highest BCUT2D eigenvalue weighted by Gasteiger charge is 2.18. The fourth-order valence-corrected chi connectivity index (χ4v) is 4.45. The van der Waals surface area contributed by atoms with Crippen molar-refractivity contribution in [3.63, 3.8) is 0 Å². The van der Waals surface area contributed by atoms with E-state index in [2.05, 4.69) is 40.3 Å². The predicted octanol–water partition coefficient (Wildman–Crippen LogP) is 5.52. The molecule has 0 saturated carbocycles. The van der Waals surface area contributed by atoms with Crippen LogP contribution in [0.4, 0.5) is 0 Å². The smallest absolute Gasteiger partial charge is 0.222 e. The highest BCUT2D eigenvalue weighted by Crippen LogP contribution is 2.26. The van der Waals surface area contributed by atoms with Gasteiger partial charge in [-0.05, 0) is 48.7 Å². The molecular formula is C23H26Cl3N3O. The van der Waals surface area contributed by atoms with Crippen LogP contribution >= 0.6 is 35.6 Å². The van der Waals surface area contributed by atoms with E-state index >= 15 is 0 Å². The summed E-state index contributed by atoms with van der Waals surface area (Å²) in [7, 11) is 0. The third kappa shape index (κ3) is 5.30. The first-order valence-electron chi connectivity index (χ1n) is 10.1. The molecule has 2 aromatic carbocycles. The van der Waals surface area contributed by atoms with Gasteiger partial charge in [-0.3, -0.25) is 4.79 Å². The minimum Gasteiger partial charge on any atom is -0.343 e. The Hall–Kier alpha value is -1.72. The maximum absolute atomic E-state index is 11.7. The molecule has 30 heavy (non-hydrogen) atoms. The molecule has 0 bridgehead atoms. The van der Waals surface area contributed by atoms with Gasteiger partial charge in [0.2, 0.25) is 5.91 Å². The molecule has 0 radical (unpaired) electrons. The summed E-state index contributed by atoms with van der Waals surface area (Å²) >= 11 is 12.4. The number of nitrogens with zero attached hydrogens (tertiary/aromatic N) is 2. The van der Waals surface area contributed by atoms with Crippen molar-refractivity contribution in [2.24, 2.45) is 0 Å². The van der Waals surface area contributed by atoms with Crippen LogP contribution in [0.1, 0.15) is 30.4 Å². The summed E-state index contributed by atoms with van der Waals surface area (Å²) in [4.78, 5) is 13.7. The lowest BCUT2D eigenvalue weighted by Crippen LogP contribution is -2.28. The zero-order valence-electron chi connectivity index (χ0n) is 16.7. The number of hydrogen-bond acceptors (Lipinski definition) is 2. The normalized spacial score (nSPS) is 13.8. The van der Waals surface area contributed by atoms with Crippen LogP contribution in [0.3, 0.4) is 0 Å². The van der Waals surface area contributed by atoms with Gasteiger partial charge in [0, 0.05) is 59.7 Å². The van der Waals surface area contributed by atoms with Gasteiger partial charge in [-0.15, -0.1) is 12.4 Å². The van der Waals surface area contributed by atoms with E-state index in [4.69, 9.17) is 23.2 Å². The number of nitrogens with one attached hydrogen (secondary N) is 1. The van der Waals surface area contributed by atoms with E-state index in [1.807, 2.05) is 17.0 Å². The average Bonchev–Trinajstić information content (AvgIpc) is 3.28. The number of para-hydroxylation sites is 1. The predicted molar refractivity (Wildman–Crippen MR) is 127 cm³/mol. The summed E-state index contributed by atoms with van der Waals surface area (Å²) < 4.78 is 2.24. The number of carbonyl (C=O) groups is 1. The zero-order chi connectivity index (χ0) is 20.2. The summed E-state index contributed by atoms with van der Waals surface area (Å²) in [6, 6.07) is 14.1. The Bertz CT molecular complexity index is 1020. The maximum Gasteiger partial charge on any atom is 0.222 e. The molecule has 160 valence electrons. The topological polar surface area (TPSA) is 37.3 Å². The minimum absolute atomic E-state index is 0. The molecule has 0 atom stereocenters. The number of carbonyl (C=O) groups excluding carboxylic acids is 1. The van der Waals surface area contributed by atoms with Gasteiger partial charge in [-0.25, -0.2) is 0 Å². The molecule has 0 unspecified atom stereocenters. The average molecular weight is 467 g/mol. The molecule has 1 amide bonds. The summed E-state index contributed by atoms with van der Waals surface area (Å²) in [5.74, 6) is 0.300. The van der Waals surface area contributed by atoms with E-state index in [0.717, 1.165) is 44.6 Å². The van der Waals surface area contributed by atoms with Gasteiger partial charge in [0.1, 0.15) is 0 Å². The number of halogens is 3. The second-order valence-corrected chi connectivity index (χ2v) is 8.39. The Balaban J connectivity index is 0.00000256. The van der Waals surface area contributed by atoms with Crippen molar-refractivity contribution in [2.75, 3.05) is 19.6 Å². The van der Waals surface area contributed by atoms with E-state index in [9.17, 15) is 4.79 Å². The molecule has 3 aromatic rings. The first-order valence-corrected chi connectivity index (χ1v) is 10.9. The van der Waals surface area contributed by atoms with Crippen LogP contribution in [0.5, 0.6) is 0 Å². The monoisotopic (exact) mass is 465 g/mol. The van der Waals surface area contributed by atoms with Crippen LogP contribution in [0.25, 0.3) is 10.9 Å². The number of benzene rings is 2. The van der Waals surface area contributed by atoms with Crippen molar-refractivity contribution in [1.29, 1.82) is 0 Å². The summed E-state index contributed by atoms with van der Waals surface area (Å²) in [6.07, 6.45) is 4.89. The van der Waals surface area contributed by atoms with Crippen molar-refractivity contribution >= 4 is 52.4 Å². The molecule has 0 aliphatic carbocycles. The van der Waals surface area contributed by atoms with Crippen molar-refractivity contribution < 1.29 is 4.79 Å². The Morgan fingerprint density at radius 3 is 2.67 bits per heavy atom. The first-order chi connectivity index (χ1) is 14.1. The van der Waals surface area contributed by atoms with Gasteiger partial charge in [-0.1, -0.05) is 47.5 Å². The van der Waals surface area contributed by atoms with Crippen LogP contribution in [-0.4, -0.2) is 35.0 Å². The van der Waals surface area contributed by atoms with Crippen molar-refractivity contribution in [2.45, 2.75) is 32.4 Å². The Kier molecular flexibility index (Phi) is 8.06. The second kappa shape index (κ2) is 10.5. The number of fused-ring (bicyclic) bond motifs is 1. The summed E-state index contributed by atoms with van der Waals surface area (Å²) in [5.41, 5.74) is 3.51. The van der Waals surface area contributed by atoms with Crippen LogP contribution in [0.2, 0.25) is 10.0 Å². The Morgan fingerprint density at radius 1 is 1.07 bits per heavy atom. The highest BCUT2D eigenvalue weighted by atomic mass is 35.5. The maximum atomic E-state index is 11.7. The molecule has 1 N–H and O–H groups in total. The van der Waals surface area contributed by atoms with Crippen LogP contribution in [0.15, 0.2) is 48.7 Å². The third-order valence-corrected chi connectivity index (χ3v) is 6.08. The highest BCUT2D eigenvalue weighted by molar-refractivity contribution is 6.35. The molecule has 1 fully saturated rings. The first kappa shape index (κ1) is 23.0. The Morgan fingerprint density at radius 2 is 1.90 bits per heavy atom. The molecule has 0 spiro atoms. The lowest BCUT2D eigenvalue weighted by molar-refractivity contribution is -0.127. The molecule has 1 aromatic heterocycles. The van der Waals surface area contributed by atoms with Gasteiger partial charge in [0.15, 0.2) is 0 Å². The molecule has 2 heterocycles. The molecular weight excluding hydrogens is 441 g/mol. The van der Waals surface area contributed by atoms with Crippen LogP contribution in [0, 0.1) is 0 Å². The molecule has 4 nitrogen and oxygen atoms in total. The molecule has 4 rings (SSSR count). The minimum atomic E-state index is 0. The van der Waals surface area contributed by atoms with Gasteiger partial charge in [0.05, 0.1) is 0 Å². The number of hydrogen-bond donors (Lipinski definition) is 1. The second-order valence-electron chi connectivity index (χ2n) is 7.55. The van der Waals surface area contributed by atoms with Crippen LogP contribution < -0.4 is 5.32 Å². The van der Waals surface area contributed by atoms with Crippen molar-refractivity contribution in [3.8, 4) is 0 Å². The van der Waals surface area contributed by atoms with Gasteiger partial charge in [0.25, 0.3) is 0 Å². The van der Waals surface area contributed by atoms with Gasteiger partial charge < -0.3 is 14.8 Å². The summed E-state index contributed by atoms with van der Waals surface area (Å²) in [6.45, 7) is 4.16. The SMILES string of the molecule is Cl.O=C1CCCN1CCCNCc1cn(Cc2ccc(Cl)cc2Cl)c2ccccc12. The quantitative estimate of drug-likeness (QED) is 0.444. The van der Waals surface area contributed by atoms with E-state index < -0.39 is 0 Å². The number of likely N-dealkylation sites (tertiary alicyclic amines) is 1. The molecule has 7 heteroatoms. The number of rotatable bonds is 8. The van der Waals surface area contributed by atoms with E-state index in [0.29, 0.717) is 28.9 Å². The fraction of sp³-hybridized carbons (Fsp3) is 0.348. The summed E-state index contributed by atoms with van der Waals surface area (Å²) in [5, 5.41) is 6.12. The zero-order valence-corrected chi connectivity index (χ0v) is 19.1.